The lowest BCUT2D eigenvalue weighted by Crippen LogP contribution is -2.35. The summed E-state index contributed by atoms with van der Waals surface area (Å²) in [5.41, 5.74) is 1.78. The molecule has 1 fully saturated rings. The number of carbonyl (C=O) groups is 1. The normalized spacial score (nSPS) is 14.8. The van der Waals surface area contributed by atoms with Gasteiger partial charge in [-0.3, -0.25) is 4.79 Å². The number of piperidine rings is 1. The van der Waals surface area contributed by atoms with Crippen LogP contribution in [-0.2, 0) is 10.0 Å². The number of hydrogen-bond donors (Lipinski definition) is 1. The smallest absolute Gasteiger partial charge is 0.256 e. The minimum absolute atomic E-state index is 0.169. The molecule has 1 aliphatic rings. The number of para-hydroxylation sites is 1. The highest BCUT2D eigenvalue weighted by Gasteiger charge is 2.27. The molecule has 1 heterocycles. The van der Waals surface area contributed by atoms with Crippen LogP contribution in [0.1, 0.15) is 35.2 Å². The molecule has 166 valence electrons. The van der Waals surface area contributed by atoms with Gasteiger partial charge >= 0.3 is 0 Å². The van der Waals surface area contributed by atoms with E-state index in [1.54, 1.807) is 23.9 Å². The quantitative estimate of drug-likeness (QED) is 0.515. The summed E-state index contributed by atoms with van der Waals surface area (Å²) in [6.45, 7) is 2.88. The molecule has 0 aromatic heterocycles. The number of benzene rings is 3. The van der Waals surface area contributed by atoms with Crippen molar-refractivity contribution in [2.45, 2.75) is 40.9 Å². The van der Waals surface area contributed by atoms with E-state index >= 15 is 0 Å². The first kappa shape index (κ1) is 22.6. The van der Waals surface area contributed by atoms with Crippen molar-refractivity contribution in [3.63, 3.8) is 0 Å². The van der Waals surface area contributed by atoms with Gasteiger partial charge in [0.05, 0.1) is 10.6 Å². The number of amides is 1. The van der Waals surface area contributed by atoms with Crippen molar-refractivity contribution in [2.24, 2.45) is 0 Å². The molecule has 1 N–H and O–H groups in total. The first-order valence-corrected chi connectivity index (χ1v) is 12.9. The Labute approximate surface area is 193 Å². The fourth-order valence-corrected chi connectivity index (χ4v) is 6.19. The minimum atomic E-state index is -3.61. The molecule has 1 aliphatic heterocycles. The first-order valence-electron chi connectivity index (χ1n) is 10.7. The third kappa shape index (κ3) is 5.06. The van der Waals surface area contributed by atoms with Gasteiger partial charge in [-0.05, 0) is 61.7 Å². The maximum Gasteiger partial charge on any atom is 0.256 e. The summed E-state index contributed by atoms with van der Waals surface area (Å²) in [5.74, 6) is -0.320. The molecule has 0 aliphatic carbocycles. The zero-order valence-electron chi connectivity index (χ0n) is 18.0. The van der Waals surface area contributed by atoms with Crippen LogP contribution in [0.3, 0.4) is 0 Å². The van der Waals surface area contributed by atoms with E-state index in [9.17, 15) is 13.2 Å². The molecule has 0 saturated carbocycles. The summed E-state index contributed by atoms with van der Waals surface area (Å²) >= 11 is 1.56. The molecule has 4 rings (SSSR count). The van der Waals surface area contributed by atoms with Gasteiger partial charge in [-0.15, -0.1) is 0 Å². The zero-order valence-corrected chi connectivity index (χ0v) is 19.6. The number of nitrogens with one attached hydrogen (secondary N) is 1. The van der Waals surface area contributed by atoms with Crippen molar-refractivity contribution in [3.8, 4) is 0 Å². The predicted octanol–water partition coefficient (Wildman–Crippen LogP) is 5.57. The van der Waals surface area contributed by atoms with Crippen molar-refractivity contribution >= 4 is 33.4 Å². The Morgan fingerprint density at radius 1 is 0.906 bits per heavy atom. The summed E-state index contributed by atoms with van der Waals surface area (Å²) in [6.07, 6.45) is 2.79. The Hall–Kier alpha value is -2.61. The van der Waals surface area contributed by atoms with Crippen LogP contribution in [0.15, 0.2) is 87.5 Å². The van der Waals surface area contributed by atoms with Crippen molar-refractivity contribution in [3.05, 3.63) is 83.9 Å². The Morgan fingerprint density at radius 2 is 1.59 bits per heavy atom. The van der Waals surface area contributed by atoms with Crippen LogP contribution in [0.5, 0.6) is 0 Å². The van der Waals surface area contributed by atoms with E-state index in [1.807, 2.05) is 61.5 Å². The molecule has 1 amide bonds. The molecule has 3 aromatic carbocycles. The summed E-state index contributed by atoms with van der Waals surface area (Å²) in [6, 6.07) is 22.3. The lowest BCUT2D eigenvalue weighted by Gasteiger charge is -2.26. The van der Waals surface area contributed by atoms with E-state index in [2.05, 4.69) is 5.32 Å². The van der Waals surface area contributed by atoms with Gasteiger partial charge in [0.1, 0.15) is 0 Å². The molecule has 5 nitrogen and oxygen atoms in total. The van der Waals surface area contributed by atoms with Crippen molar-refractivity contribution in [2.75, 3.05) is 18.4 Å². The molecule has 0 atom stereocenters. The van der Waals surface area contributed by atoms with Crippen molar-refractivity contribution in [1.29, 1.82) is 0 Å². The van der Waals surface area contributed by atoms with Gasteiger partial charge in [0.15, 0.2) is 0 Å². The second-order valence-electron chi connectivity index (χ2n) is 7.81. The maximum absolute atomic E-state index is 13.2. The molecule has 32 heavy (non-hydrogen) atoms. The highest BCUT2D eigenvalue weighted by atomic mass is 32.2. The molecular weight excluding hydrogens is 440 g/mol. The van der Waals surface area contributed by atoms with Crippen LogP contribution in [0.25, 0.3) is 0 Å². The van der Waals surface area contributed by atoms with Gasteiger partial charge in [0.2, 0.25) is 10.0 Å². The van der Waals surface area contributed by atoms with Crippen LogP contribution in [0.2, 0.25) is 0 Å². The number of sulfonamides is 1. The number of hydrogen-bond acceptors (Lipinski definition) is 4. The van der Waals surface area contributed by atoms with Gasteiger partial charge in [-0.25, -0.2) is 8.42 Å². The second-order valence-corrected chi connectivity index (χ2v) is 10.9. The average molecular weight is 467 g/mol. The average Bonchev–Trinajstić information content (AvgIpc) is 2.81. The molecule has 7 heteroatoms. The lowest BCUT2D eigenvalue weighted by molar-refractivity contribution is 0.102. The van der Waals surface area contributed by atoms with E-state index in [1.165, 1.54) is 10.4 Å². The number of rotatable bonds is 6. The van der Waals surface area contributed by atoms with E-state index in [4.69, 9.17) is 0 Å². The highest BCUT2D eigenvalue weighted by Crippen LogP contribution is 2.33. The Balaban J connectivity index is 1.59. The van der Waals surface area contributed by atoms with E-state index in [0.29, 0.717) is 24.3 Å². The zero-order chi connectivity index (χ0) is 22.6. The SMILES string of the molecule is Cc1ccc(S(=O)(=O)N2CCCCC2)cc1C(=O)Nc1ccccc1Sc1ccccc1. The summed E-state index contributed by atoms with van der Waals surface area (Å²) < 4.78 is 27.7. The first-order chi connectivity index (χ1) is 15.4. The van der Waals surface area contributed by atoms with E-state index < -0.39 is 10.0 Å². The summed E-state index contributed by atoms with van der Waals surface area (Å²) in [5, 5.41) is 2.98. The lowest BCUT2D eigenvalue weighted by atomic mass is 10.1. The van der Waals surface area contributed by atoms with Gasteiger partial charge in [-0.2, -0.15) is 4.31 Å². The van der Waals surface area contributed by atoms with Gasteiger partial charge in [-0.1, -0.05) is 54.6 Å². The Bertz CT molecular complexity index is 1200. The van der Waals surface area contributed by atoms with Crippen LogP contribution >= 0.6 is 11.8 Å². The van der Waals surface area contributed by atoms with Crippen molar-refractivity contribution < 1.29 is 13.2 Å². The molecule has 0 spiro atoms. The molecule has 1 saturated heterocycles. The van der Waals surface area contributed by atoms with Crippen molar-refractivity contribution in [1.82, 2.24) is 4.31 Å². The number of carbonyl (C=O) groups excluding carboxylic acids is 1. The fourth-order valence-electron chi connectivity index (χ4n) is 3.72. The number of nitrogens with zero attached hydrogens (tertiary/aromatic N) is 1. The molecular formula is C25H26N2O3S2. The predicted molar refractivity (Wildman–Crippen MR) is 129 cm³/mol. The van der Waals surface area contributed by atoms with E-state index in [-0.39, 0.29) is 10.8 Å². The fraction of sp³-hybridized carbons (Fsp3) is 0.240. The van der Waals surface area contributed by atoms with Crippen LogP contribution in [0, 0.1) is 6.92 Å². The molecule has 3 aromatic rings. The Morgan fingerprint density at radius 3 is 2.34 bits per heavy atom. The highest BCUT2D eigenvalue weighted by molar-refractivity contribution is 7.99. The van der Waals surface area contributed by atoms with Gasteiger partial charge in [0, 0.05) is 28.4 Å². The van der Waals surface area contributed by atoms with Crippen LogP contribution < -0.4 is 5.32 Å². The molecule has 0 bridgehead atoms. The second kappa shape index (κ2) is 9.90. The third-order valence-electron chi connectivity index (χ3n) is 5.51. The maximum atomic E-state index is 13.2. The van der Waals surface area contributed by atoms with Crippen LogP contribution in [0.4, 0.5) is 5.69 Å². The minimum Gasteiger partial charge on any atom is -0.321 e. The number of aryl methyl sites for hydroxylation is 1. The summed E-state index contributed by atoms with van der Waals surface area (Å²) in [7, 11) is -3.61. The largest absolute Gasteiger partial charge is 0.321 e. The summed E-state index contributed by atoms with van der Waals surface area (Å²) in [4.78, 5) is 15.3. The Kier molecular flexibility index (Phi) is 6.98. The van der Waals surface area contributed by atoms with E-state index in [0.717, 1.165) is 34.6 Å². The number of anilines is 1. The van der Waals surface area contributed by atoms with Crippen LogP contribution in [-0.4, -0.2) is 31.7 Å². The molecule has 0 radical (unpaired) electrons. The third-order valence-corrected chi connectivity index (χ3v) is 8.49. The van der Waals surface area contributed by atoms with Gasteiger partial charge in [0.25, 0.3) is 5.91 Å². The topological polar surface area (TPSA) is 66.5 Å². The van der Waals surface area contributed by atoms with Gasteiger partial charge < -0.3 is 5.32 Å². The molecule has 0 unspecified atom stereocenters. The standard InChI is InChI=1S/C25H26N2O3S2/c1-19-14-15-21(32(29,30)27-16-8-3-9-17-27)18-22(19)25(28)26-23-12-6-7-13-24(23)31-20-10-4-2-5-11-20/h2,4-7,10-15,18H,3,8-9,16-17H2,1H3,(H,26,28). The monoisotopic (exact) mass is 466 g/mol.